The van der Waals surface area contributed by atoms with Gasteiger partial charge in [-0.1, -0.05) is 29.3 Å². The number of halogens is 2. The minimum absolute atomic E-state index is 0.00643. The highest BCUT2D eigenvalue weighted by Crippen LogP contribution is 2.30. The summed E-state index contributed by atoms with van der Waals surface area (Å²) in [6.45, 7) is 1.70. The van der Waals surface area contributed by atoms with E-state index >= 15 is 0 Å². The fourth-order valence-corrected chi connectivity index (χ4v) is 4.01. The second-order valence-corrected chi connectivity index (χ2v) is 7.55. The summed E-state index contributed by atoms with van der Waals surface area (Å²) in [6.07, 6.45) is 0. The van der Waals surface area contributed by atoms with Gasteiger partial charge in [-0.05, 0) is 36.8 Å². The summed E-state index contributed by atoms with van der Waals surface area (Å²) in [4.78, 5) is -0.0278. The lowest BCUT2D eigenvalue weighted by molar-refractivity contribution is 0.384. The van der Waals surface area contributed by atoms with Gasteiger partial charge in [0.25, 0.3) is 0 Å². The molecule has 0 aliphatic rings. The van der Waals surface area contributed by atoms with Crippen LogP contribution in [-0.2, 0) is 16.6 Å². The van der Waals surface area contributed by atoms with Gasteiger partial charge in [0.15, 0.2) is 0 Å². The highest BCUT2D eigenvalue weighted by Gasteiger charge is 2.21. The topological polar surface area (TPSA) is 64.6 Å². The molecule has 8 heteroatoms. The van der Waals surface area contributed by atoms with Crippen molar-refractivity contribution in [2.45, 2.75) is 18.4 Å². The highest BCUT2D eigenvalue weighted by molar-refractivity contribution is 7.89. The molecule has 0 amide bonds. The lowest BCUT2D eigenvalue weighted by atomic mass is 10.2. The van der Waals surface area contributed by atoms with Crippen LogP contribution in [0.25, 0.3) is 0 Å². The summed E-state index contributed by atoms with van der Waals surface area (Å²) in [5.41, 5.74) is 1.21. The first-order valence-corrected chi connectivity index (χ1v) is 9.19. The normalized spacial score (nSPS) is 11.4. The fraction of sp³-hybridized carbons (Fsp3) is 0.250. The molecule has 0 spiro atoms. The van der Waals surface area contributed by atoms with Crippen molar-refractivity contribution in [1.82, 2.24) is 4.72 Å². The van der Waals surface area contributed by atoms with Crippen molar-refractivity contribution in [3.8, 4) is 11.5 Å². The van der Waals surface area contributed by atoms with E-state index in [2.05, 4.69) is 4.72 Å². The summed E-state index contributed by atoms with van der Waals surface area (Å²) < 4.78 is 38.2. The Labute approximate surface area is 151 Å². The molecule has 0 radical (unpaired) electrons. The first-order valence-electron chi connectivity index (χ1n) is 6.95. The summed E-state index contributed by atoms with van der Waals surface area (Å²) >= 11 is 12.0. The number of hydrogen-bond donors (Lipinski definition) is 1. The van der Waals surface area contributed by atoms with E-state index in [9.17, 15) is 8.42 Å². The minimum Gasteiger partial charge on any atom is -0.496 e. The number of sulfonamides is 1. The van der Waals surface area contributed by atoms with E-state index in [4.69, 9.17) is 32.7 Å². The zero-order valence-corrected chi connectivity index (χ0v) is 15.7. The molecule has 0 heterocycles. The van der Waals surface area contributed by atoms with Crippen LogP contribution in [0.4, 0.5) is 0 Å². The Morgan fingerprint density at radius 2 is 1.62 bits per heavy atom. The Balaban J connectivity index is 2.34. The summed E-state index contributed by atoms with van der Waals surface area (Å²) in [6, 6.07) is 8.06. The predicted octanol–water partition coefficient (Wildman–Crippen LogP) is 3.80. The third-order valence-electron chi connectivity index (χ3n) is 3.47. The fourth-order valence-electron chi connectivity index (χ4n) is 2.18. The van der Waals surface area contributed by atoms with Gasteiger partial charge in [-0.25, -0.2) is 13.1 Å². The number of rotatable bonds is 6. The SMILES string of the molecule is COc1cccc(OC)c1CNS(=O)(=O)c1cc(C)c(Cl)cc1Cl. The second-order valence-electron chi connectivity index (χ2n) is 5.00. The molecule has 0 unspecified atom stereocenters. The van der Waals surface area contributed by atoms with E-state index in [0.717, 1.165) is 0 Å². The third-order valence-corrected chi connectivity index (χ3v) is 5.74. The van der Waals surface area contributed by atoms with E-state index in [1.54, 1.807) is 25.1 Å². The van der Waals surface area contributed by atoms with Crippen LogP contribution in [0.3, 0.4) is 0 Å². The van der Waals surface area contributed by atoms with Crippen LogP contribution in [0.5, 0.6) is 11.5 Å². The van der Waals surface area contributed by atoms with Crippen LogP contribution in [0.1, 0.15) is 11.1 Å². The van der Waals surface area contributed by atoms with E-state index in [1.807, 2.05) is 0 Å². The molecule has 0 atom stereocenters. The van der Waals surface area contributed by atoms with Gasteiger partial charge in [-0.15, -0.1) is 0 Å². The molecule has 2 aromatic rings. The van der Waals surface area contributed by atoms with Gasteiger partial charge < -0.3 is 9.47 Å². The standard InChI is InChI=1S/C16H17Cl2NO4S/c1-10-7-16(13(18)8-12(10)17)24(20,21)19-9-11-14(22-2)5-4-6-15(11)23-3/h4-8,19H,9H2,1-3H3. The number of ether oxygens (including phenoxy) is 2. The van der Waals surface area contributed by atoms with Gasteiger partial charge in [0.05, 0.1) is 24.8 Å². The van der Waals surface area contributed by atoms with Crippen LogP contribution in [0.15, 0.2) is 35.2 Å². The molecule has 5 nitrogen and oxygen atoms in total. The molecular weight excluding hydrogens is 373 g/mol. The van der Waals surface area contributed by atoms with E-state index < -0.39 is 10.0 Å². The Morgan fingerprint density at radius 1 is 1.04 bits per heavy atom. The Kier molecular flexibility index (Phi) is 5.98. The summed E-state index contributed by atoms with van der Waals surface area (Å²) in [5, 5.41) is 0.468. The minimum atomic E-state index is -3.83. The van der Waals surface area contributed by atoms with E-state index in [1.165, 1.54) is 26.4 Å². The number of hydrogen-bond acceptors (Lipinski definition) is 4. The lowest BCUT2D eigenvalue weighted by Crippen LogP contribution is -2.24. The number of aryl methyl sites for hydroxylation is 1. The van der Waals surface area contributed by atoms with Gasteiger partial charge in [0.2, 0.25) is 10.0 Å². The zero-order chi connectivity index (χ0) is 17.9. The molecule has 24 heavy (non-hydrogen) atoms. The third kappa shape index (κ3) is 3.95. The maximum absolute atomic E-state index is 12.6. The molecule has 2 aromatic carbocycles. The van der Waals surface area contributed by atoms with Crippen molar-refractivity contribution >= 4 is 33.2 Å². The first kappa shape index (κ1) is 18.9. The number of nitrogens with one attached hydrogen (secondary N) is 1. The van der Waals surface area contributed by atoms with Gasteiger partial charge in [0.1, 0.15) is 16.4 Å². The Bertz CT molecular complexity index is 831. The van der Waals surface area contributed by atoms with Gasteiger partial charge in [-0.2, -0.15) is 0 Å². The molecule has 0 aliphatic heterocycles. The van der Waals surface area contributed by atoms with Crippen LogP contribution in [-0.4, -0.2) is 22.6 Å². The molecule has 0 saturated heterocycles. The molecule has 1 N–H and O–H groups in total. The number of methoxy groups -OCH3 is 2. The highest BCUT2D eigenvalue weighted by atomic mass is 35.5. The average molecular weight is 390 g/mol. The van der Waals surface area contributed by atoms with Crippen molar-refractivity contribution in [2.24, 2.45) is 0 Å². The summed E-state index contributed by atoms with van der Waals surface area (Å²) in [7, 11) is -0.818. The smallest absolute Gasteiger partial charge is 0.242 e. The van der Waals surface area contributed by atoms with Gasteiger partial charge in [-0.3, -0.25) is 0 Å². The quantitative estimate of drug-likeness (QED) is 0.815. The Morgan fingerprint density at radius 3 is 2.17 bits per heavy atom. The monoisotopic (exact) mass is 389 g/mol. The molecule has 0 fully saturated rings. The van der Waals surface area contributed by atoms with Gasteiger partial charge >= 0.3 is 0 Å². The van der Waals surface area contributed by atoms with Crippen molar-refractivity contribution in [3.63, 3.8) is 0 Å². The Hall–Kier alpha value is -1.47. The van der Waals surface area contributed by atoms with Crippen LogP contribution >= 0.6 is 23.2 Å². The molecule has 0 aliphatic carbocycles. The average Bonchev–Trinajstić information content (AvgIpc) is 2.55. The molecule has 2 rings (SSSR count). The first-order chi connectivity index (χ1) is 11.3. The molecule has 130 valence electrons. The second kappa shape index (κ2) is 7.61. The summed E-state index contributed by atoms with van der Waals surface area (Å²) in [5.74, 6) is 1.05. The van der Waals surface area contributed by atoms with E-state index in [-0.39, 0.29) is 16.5 Å². The molecule has 0 bridgehead atoms. The predicted molar refractivity (Wildman–Crippen MR) is 94.8 cm³/mol. The number of benzene rings is 2. The molecular formula is C16H17Cl2NO4S. The van der Waals surface area contributed by atoms with Crippen molar-refractivity contribution in [3.05, 3.63) is 51.5 Å². The molecule has 0 aromatic heterocycles. The maximum Gasteiger partial charge on any atom is 0.242 e. The zero-order valence-electron chi connectivity index (χ0n) is 13.4. The van der Waals surface area contributed by atoms with Crippen LogP contribution in [0, 0.1) is 6.92 Å². The lowest BCUT2D eigenvalue weighted by Gasteiger charge is -2.14. The van der Waals surface area contributed by atoms with Crippen molar-refractivity contribution < 1.29 is 17.9 Å². The molecule has 0 saturated carbocycles. The largest absolute Gasteiger partial charge is 0.496 e. The van der Waals surface area contributed by atoms with Gasteiger partial charge in [0, 0.05) is 11.6 Å². The van der Waals surface area contributed by atoms with Crippen LogP contribution < -0.4 is 14.2 Å². The maximum atomic E-state index is 12.6. The van der Waals surface area contributed by atoms with Crippen LogP contribution in [0.2, 0.25) is 10.0 Å². The van der Waals surface area contributed by atoms with Crippen molar-refractivity contribution in [1.29, 1.82) is 0 Å². The van der Waals surface area contributed by atoms with E-state index in [0.29, 0.717) is 27.6 Å². The van der Waals surface area contributed by atoms with Crippen molar-refractivity contribution in [2.75, 3.05) is 14.2 Å².